The Bertz CT molecular complexity index is 743. The van der Waals surface area contributed by atoms with Gasteiger partial charge < -0.3 is 5.32 Å². The molecular weight excluding hydrogens is 313 g/mol. The first-order valence-corrected chi connectivity index (χ1v) is 8.13. The van der Waals surface area contributed by atoms with Crippen LogP contribution in [0.5, 0.6) is 0 Å². The lowest BCUT2D eigenvalue weighted by atomic mass is 9.92. The summed E-state index contributed by atoms with van der Waals surface area (Å²) in [5.74, 6) is 0.537. The van der Waals surface area contributed by atoms with Crippen LogP contribution >= 0.6 is 11.6 Å². The van der Waals surface area contributed by atoms with E-state index in [9.17, 15) is 4.39 Å². The maximum absolute atomic E-state index is 14.3. The number of halogens is 2. The minimum atomic E-state index is -0.225. The van der Waals surface area contributed by atoms with Crippen LogP contribution in [0.1, 0.15) is 24.0 Å². The van der Waals surface area contributed by atoms with Crippen molar-refractivity contribution in [3.63, 3.8) is 0 Å². The number of hydrogen-bond donors (Lipinski definition) is 1. The lowest BCUT2D eigenvalue weighted by Gasteiger charge is -2.18. The van der Waals surface area contributed by atoms with E-state index in [1.54, 1.807) is 6.07 Å². The number of nitrogens with one attached hydrogen (secondary N) is 1. The van der Waals surface area contributed by atoms with Crippen molar-refractivity contribution in [1.82, 2.24) is 5.32 Å². The van der Waals surface area contributed by atoms with E-state index in [0.717, 1.165) is 30.1 Å². The third-order valence-corrected chi connectivity index (χ3v) is 4.59. The van der Waals surface area contributed by atoms with Crippen molar-refractivity contribution in [2.24, 2.45) is 4.99 Å². The molecule has 0 amide bonds. The van der Waals surface area contributed by atoms with Gasteiger partial charge in [0.05, 0.1) is 18.0 Å². The van der Waals surface area contributed by atoms with Gasteiger partial charge in [0.1, 0.15) is 11.7 Å². The van der Waals surface area contributed by atoms with E-state index in [-0.39, 0.29) is 11.2 Å². The Hall–Kier alpha value is -2.12. The highest BCUT2D eigenvalue weighted by atomic mass is 35.5. The molecule has 1 heterocycles. The maximum atomic E-state index is 14.3. The second-order valence-corrected chi connectivity index (χ2v) is 6.14. The van der Waals surface area contributed by atoms with Gasteiger partial charge in [0.15, 0.2) is 0 Å². The fourth-order valence-electron chi connectivity index (χ4n) is 2.92. The van der Waals surface area contributed by atoms with Gasteiger partial charge in [0, 0.05) is 17.7 Å². The molecule has 3 rings (SSSR count). The third kappa shape index (κ3) is 3.46. The van der Waals surface area contributed by atoms with E-state index in [1.807, 2.05) is 18.2 Å². The first-order valence-electron chi connectivity index (χ1n) is 7.70. The molecule has 5 heteroatoms. The predicted octanol–water partition coefficient (Wildman–Crippen LogP) is 3.50. The summed E-state index contributed by atoms with van der Waals surface area (Å²) in [4.78, 5) is 4.39. The average Bonchev–Trinajstić information content (AvgIpc) is 3.09. The van der Waals surface area contributed by atoms with E-state index in [1.165, 1.54) is 6.07 Å². The van der Waals surface area contributed by atoms with Gasteiger partial charge in [0.25, 0.3) is 0 Å². The van der Waals surface area contributed by atoms with Crippen LogP contribution in [-0.4, -0.2) is 24.3 Å². The summed E-state index contributed by atoms with van der Waals surface area (Å²) >= 11 is 6.33. The number of nitriles is 1. The van der Waals surface area contributed by atoms with Crippen LogP contribution in [0.15, 0.2) is 46.5 Å². The number of hydrogen-bond acceptors (Lipinski definition) is 3. The number of aliphatic imine (C=N–C) groups is 1. The molecule has 0 saturated carbocycles. The first-order chi connectivity index (χ1) is 11.2. The van der Waals surface area contributed by atoms with Crippen LogP contribution in [0.3, 0.4) is 0 Å². The summed E-state index contributed by atoms with van der Waals surface area (Å²) in [5.41, 5.74) is 3.09. The van der Waals surface area contributed by atoms with Gasteiger partial charge in [-0.15, -0.1) is 11.6 Å². The molecule has 1 unspecified atom stereocenters. The largest absolute Gasteiger partial charge is 0.368 e. The van der Waals surface area contributed by atoms with Crippen molar-refractivity contribution in [1.29, 1.82) is 5.26 Å². The van der Waals surface area contributed by atoms with Crippen LogP contribution < -0.4 is 5.32 Å². The Morgan fingerprint density at radius 2 is 2.26 bits per heavy atom. The van der Waals surface area contributed by atoms with Gasteiger partial charge in [-0.2, -0.15) is 5.26 Å². The van der Waals surface area contributed by atoms with Gasteiger partial charge in [-0.25, -0.2) is 4.39 Å². The van der Waals surface area contributed by atoms with Crippen LogP contribution in [0.25, 0.3) is 0 Å². The molecule has 2 aliphatic rings. The highest BCUT2D eigenvalue weighted by Gasteiger charge is 2.19. The summed E-state index contributed by atoms with van der Waals surface area (Å²) in [6.07, 6.45) is 5.49. The summed E-state index contributed by atoms with van der Waals surface area (Å²) in [5, 5.41) is 12.1. The van der Waals surface area contributed by atoms with Gasteiger partial charge >= 0.3 is 0 Å². The highest BCUT2D eigenvalue weighted by molar-refractivity contribution is 6.22. The molecule has 118 valence electrons. The zero-order chi connectivity index (χ0) is 16.2. The van der Waals surface area contributed by atoms with Crippen molar-refractivity contribution in [3.8, 4) is 6.07 Å². The Morgan fingerprint density at radius 1 is 1.39 bits per heavy atom. The van der Waals surface area contributed by atoms with E-state index >= 15 is 0 Å². The zero-order valence-electron chi connectivity index (χ0n) is 12.6. The van der Waals surface area contributed by atoms with Crippen molar-refractivity contribution < 1.29 is 4.39 Å². The standard InChI is InChI=1S/C18H17ClFN3/c19-16-7-4-12(11-21)10-13(16)5-6-14-15(2-1-3-17(14)20)18-22-8-9-23-18/h1-4,10,16H,5-9H2,(H,22,23). The molecule has 0 bridgehead atoms. The second kappa shape index (κ2) is 6.97. The van der Waals surface area contributed by atoms with Gasteiger partial charge in [0.2, 0.25) is 0 Å². The molecule has 1 aromatic carbocycles. The fraction of sp³-hybridized carbons (Fsp3) is 0.333. The van der Waals surface area contributed by atoms with Crippen molar-refractivity contribution in [2.45, 2.75) is 24.6 Å². The third-order valence-electron chi connectivity index (χ3n) is 4.13. The number of allylic oxidation sites excluding steroid dienone is 4. The van der Waals surface area contributed by atoms with Gasteiger partial charge in [-0.1, -0.05) is 23.8 Å². The zero-order valence-corrected chi connectivity index (χ0v) is 13.4. The summed E-state index contributed by atoms with van der Waals surface area (Å²) in [6, 6.07) is 7.22. The second-order valence-electron chi connectivity index (χ2n) is 5.62. The van der Waals surface area contributed by atoms with E-state index < -0.39 is 0 Å². The van der Waals surface area contributed by atoms with E-state index in [4.69, 9.17) is 16.9 Å². The molecule has 3 nitrogen and oxygen atoms in total. The van der Waals surface area contributed by atoms with Crippen molar-refractivity contribution in [3.05, 3.63) is 58.4 Å². The minimum absolute atomic E-state index is 0.121. The predicted molar refractivity (Wildman–Crippen MR) is 90.2 cm³/mol. The minimum Gasteiger partial charge on any atom is -0.368 e. The number of rotatable bonds is 4. The molecule has 1 N–H and O–H groups in total. The normalized spacial score (nSPS) is 20.2. The molecule has 0 spiro atoms. The van der Waals surface area contributed by atoms with E-state index in [0.29, 0.717) is 30.4 Å². The van der Waals surface area contributed by atoms with Crippen LogP contribution in [0.4, 0.5) is 4.39 Å². The summed E-state index contributed by atoms with van der Waals surface area (Å²) < 4.78 is 14.3. The summed E-state index contributed by atoms with van der Waals surface area (Å²) in [6.45, 7) is 1.51. The highest BCUT2D eigenvalue weighted by Crippen LogP contribution is 2.27. The molecule has 1 atom stereocenters. The maximum Gasteiger partial charge on any atom is 0.128 e. The quantitative estimate of drug-likeness (QED) is 0.859. The molecule has 0 fully saturated rings. The Morgan fingerprint density at radius 3 is 3.00 bits per heavy atom. The number of alkyl halides is 1. The SMILES string of the molecule is N#CC1=CCC(Cl)C(CCc2c(F)cccc2C2=NCCN2)=C1. The molecule has 0 aromatic heterocycles. The lowest BCUT2D eigenvalue weighted by molar-refractivity contribution is 0.606. The average molecular weight is 330 g/mol. The van der Waals surface area contributed by atoms with Crippen LogP contribution in [-0.2, 0) is 6.42 Å². The molecular formula is C18H17ClFN3. The fourth-order valence-corrected chi connectivity index (χ4v) is 3.18. The van der Waals surface area contributed by atoms with Gasteiger partial charge in [-0.05, 0) is 37.0 Å². The smallest absolute Gasteiger partial charge is 0.128 e. The first kappa shape index (κ1) is 15.8. The topological polar surface area (TPSA) is 48.2 Å². The lowest BCUT2D eigenvalue weighted by Crippen LogP contribution is -2.21. The molecule has 0 saturated heterocycles. The van der Waals surface area contributed by atoms with E-state index in [2.05, 4.69) is 16.4 Å². The van der Waals surface area contributed by atoms with Crippen molar-refractivity contribution >= 4 is 17.4 Å². The van der Waals surface area contributed by atoms with Gasteiger partial charge in [-0.3, -0.25) is 4.99 Å². The molecule has 1 aromatic rings. The van der Waals surface area contributed by atoms with Crippen LogP contribution in [0, 0.1) is 17.1 Å². The Balaban J connectivity index is 1.82. The molecule has 1 aliphatic carbocycles. The molecule has 1 aliphatic heterocycles. The monoisotopic (exact) mass is 329 g/mol. The molecule has 0 radical (unpaired) electrons. The molecule has 23 heavy (non-hydrogen) atoms. The summed E-state index contributed by atoms with van der Waals surface area (Å²) in [7, 11) is 0. The van der Waals surface area contributed by atoms with Crippen molar-refractivity contribution in [2.75, 3.05) is 13.1 Å². The Kier molecular flexibility index (Phi) is 4.78. The van der Waals surface area contributed by atoms with Crippen LogP contribution in [0.2, 0.25) is 0 Å². The number of nitrogens with zero attached hydrogens (tertiary/aromatic N) is 2. The number of amidine groups is 1. The number of benzene rings is 1. The Labute approximate surface area is 140 Å².